The first-order valence-electron chi connectivity index (χ1n) is 5.33. The number of nitrogens with two attached hydrogens (primary N) is 1. The van der Waals surface area contributed by atoms with E-state index in [0.29, 0.717) is 17.3 Å². The fraction of sp³-hybridized carbons (Fsp3) is 0.500. The third-order valence-corrected chi connectivity index (χ3v) is 2.64. The van der Waals surface area contributed by atoms with Crippen LogP contribution in [-0.2, 0) is 6.42 Å². The van der Waals surface area contributed by atoms with Gasteiger partial charge in [-0.3, -0.25) is 0 Å². The maximum Gasteiger partial charge on any atom is 0.163 e. The van der Waals surface area contributed by atoms with Crippen molar-refractivity contribution in [1.29, 1.82) is 0 Å². The average Bonchev–Trinajstić information content (AvgIpc) is 2.28. The van der Waals surface area contributed by atoms with Gasteiger partial charge in [0.25, 0.3) is 0 Å². The Bertz CT molecular complexity index is 342. The zero-order valence-electron chi connectivity index (χ0n) is 9.75. The smallest absolute Gasteiger partial charge is 0.163 e. The molecule has 0 bridgehead atoms. The van der Waals surface area contributed by atoms with E-state index in [1.807, 2.05) is 6.07 Å². The summed E-state index contributed by atoms with van der Waals surface area (Å²) in [5.74, 6) is 1.45. The van der Waals surface area contributed by atoms with Crippen molar-refractivity contribution in [2.45, 2.75) is 19.3 Å². The van der Waals surface area contributed by atoms with Crippen LogP contribution in [0.5, 0.6) is 11.5 Å². The first-order valence-corrected chi connectivity index (χ1v) is 5.71. The molecule has 0 aliphatic rings. The molecule has 0 amide bonds. The van der Waals surface area contributed by atoms with Crippen LogP contribution in [0.3, 0.4) is 0 Å². The Morgan fingerprint density at radius 2 is 1.94 bits per heavy atom. The number of ether oxygens (including phenoxy) is 2. The first-order chi connectivity index (χ1) is 7.72. The zero-order valence-corrected chi connectivity index (χ0v) is 10.5. The number of hydrogen-bond acceptors (Lipinski definition) is 3. The van der Waals surface area contributed by atoms with E-state index < -0.39 is 0 Å². The van der Waals surface area contributed by atoms with E-state index in [4.69, 9.17) is 26.8 Å². The molecule has 90 valence electrons. The summed E-state index contributed by atoms with van der Waals surface area (Å²) in [6, 6.07) is 3.67. The van der Waals surface area contributed by atoms with Gasteiger partial charge >= 0.3 is 0 Å². The minimum atomic E-state index is 0.667. The first kappa shape index (κ1) is 13.1. The Hall–Kier alpha value is -0.930. The minimum absolute atomic E-state index is 0.667. The monoisotopic (exact) mass is 243 g/mol. The van der Waals surface area contributed by atoms with E-state index in [0.717, 1.165) is 30.6 Å². The lowest BCUT2D eigenvalue weighted by Crippen LogP contribution is -2.01. The Balaban J connectivity index is 2.91. The molecule has 0 aliphatic carbocycles. The van der Waals surface area contributed by atoms with Gasteiger partial charge in [0, 0.05) is 11.1 Å². The van der Waals surface area contributed by atoms with Gasteiger partial charge in [-0.25, -0.2) is 0 Å². The summed E-state index contributed by atoms with van der Waals surface area (Å²) in [7, 11) is 3.25. The molecule has 4 heteroatoms. The van der Waals surface area contributed by atoms with Crippen LogP contribution in [0, 0.1) is 0 Å². The van der Waals surface area contributed by atoms with Crippen LogP contribution in [0.15, 0.2) is 12.1 Å². The van der Waals surface area contributed by atoms with Crippen LogP contribution in [-0.4, -0.2) is 20.8 Å². The second kappa shape index (κ2) is 6.61. The molecule has 0 saturated carbocycles. The predicted octanol–water partition coefficient (Wildman–Crippen LogP) is 2.64. The minimum Gasteiger partial charge on any atom is -0.493 e. The third kappa shape index (κ3) is 3.29. The largest absolute Gasteiger partial charge is 0.493 e. The quantitative estimate of drug-likeness (QED) is 0.782. The van der Waals surface area contributed by atoms with Gasteiger partial charge in [-0.15, -0.1) is 0 Å². The molecule has 3 nitrogen and oxygen atoms in total. The molecular weight excluding hydrogens is 226 g/mol. The fourth-order valence-corrected chi connectivity index (χ4v) is 1.88. The number of aryl methyl sites for hydroxylation is 1. The molecule has 1 aromatic rings. The topological polar surface area (TPSA) is 44.5 Å². The second-order valence-corrected chi connectivity index (χ2v) is 3.98. The van der Waals surface area contributed by atoms with Gasteiger partial charge in [0.05, 0.1) is 14.2 Å². The number of rotatable bonds is 6. The molecule has 2 N–H and O–H groups in total. The molecular formula is C12H18ClNO2. The normalized spacial score (nSPS) is 10.2. The fourth-order valence-electron chi connectivity index (χ4n) is 1.65. The van der Waals surface area contributed by atoms with Crippen LogP contribution in [0.2, 0.25) is 5.02 Å². The highest BCUT2D eigenvalue weighted by molar-refractivity contribution is 6.30. The predicted molar refractivity (Wildman–Crippen MR) is 66.5 cm³/mol. The summed E-state index contributed by atoms with van der Waals surface area (Å²) in [5, 5.41) is 0.667. The van der Waals surface area contributed by atoms with Crippen molar-refractivity contribution in [3.63, 3.8) is 0 Å². The maximum absolute atomic E-state index is 6.01. The van der Waals surface area contributed by atoms with Gasteiger partial charge in [0.15, 0.2) is 11.5 Å². The number of halogens is 1. The summed E-state index contributed by atoms with van der Waals surface area (Å²) in [6.07, 6.45) is 2.92. The lowest BCUT2D eigenvalue weighted by molar-refractivity contribution is 0.351. The summed E-state index contributed by atoms with van der Waals surface area (Å²) >= 11 is 6.01. The standard InChI is InChI=1S/C12H18ClNO2/c1-15-11-8-10(13)7-9(12(11)16-2)5-3-4-6-14/h7-8H,3-6,14H2,1-2H3. The van der Waals surface area contributed by atoms with Crippen molar-refractivity contribution in [1.82, 2.24) is 0 Å². The summed E-state index contributed by atoms with van der Waals surface area (Å²) in [4.78, 5) is 0. The third-order valence-electron chi connectivity index (χ3n) is 2.42. The molecule has 0 aromatic heterocycles. The number of benzene rings is 1. The molecule has 16 heavy (non-hydrogen) atoms. The molecule has 1 aromatic carbocycles. The van der Waals surface area contributed by atoms with Crippen LogP contribution in [0.4, 0.5) is 0 Å². The number of methoxy groups -OCH3 is 2. The average molecular weight is 244 g/mol. The van der Waals surface area contributed by atoms with Crippen LogP contribution in [0.25, 0.3) is 0 Å². The molecule has 0 heterocycles. The molecule has 0 atom stereocenters. The Morgan fingerprint density at radius 1 is 1.19 bits per heavy atom. The molecule has 0 aliphatic heterocycles. The van der Waals surface area contributed by atoms with E-state index in [2.05, 4.69) is 0 Å². The van der Waals surface area contributed by atoms with Crippen molar-refractivity contribution in [2.24, 2.45) is 5.73 Å². The molecule has 0 radical (unpaired) electrons. The van der Waals surface area contributed by atoms with E-state index in [9.17, 15) is 0 Å². The van der Waals surface area contributed by atoms with E-state index in [1.54, 1.807) is 20.3 Å². The van der Waals surface area contributed by atoms with Gasteiger partial charge in [0.2, 0.25) is 0 Å². The Kier molecular flexibility index (Phi) is 5.43. The van der Waals surface area contributed by atoms with Gasteiger partial charge in [-0.2, -0.15) is 0 Å². The van der Waals surface area contributed by atoms with E-state index in [-0.39, 0.29) is 0 Å². The summed E-state index contributed by atoms with van der Waals surface area (Å²) in [5.41, 5.74) is 6.54. The van der Waals surface area contributed by atoms with Crippen molar-refractivity contribution in [3.8, 4) is 11.5 Å². The highest BCUT2D eigenvalue weighted by atomic mass is 35.5. The van der Waals surface area contributed by atoms with Gasteiger partial charge < -0.3 is 15.2 Å². The molecule has 1 rings (SSSR count). The van der Waals surface area contributed by atoms with Crippen molar-refractivity contribution >= 4 is 11.6 Å². The highest BCUT2D eigenvalue weighted by Gasteiger charge is 2.11. The van der Waals surface area contributed by atoms with Crippen molar-refractivity contribution < 1.29 is 9.47 Å². The highest BCUT2D eigenvalue weighted by Crippen LogP contribution is 2.35. The molecule has 0 saturated heterocycles. The van der Waals surface area contributed by atoms with E-state index >= 15 is 0 Å². The van der Waals surface area contributed by atoms with Crippen LogP contribution in [0.1, 0.15) is 18.4 Å². The molecule has 0 unspecified atom stereocenters. The Morgan fingerprint density at radius 3 is 2.50 bits per heavy atom. The van der Waals surface area contributed by atoms with Crippen molar-refractivity contribution in [3.05, 3.63) is 22.7 Å². The van der Waals surface area contributed by atoms with Crippen molar-refractivity contribution in [2.75, 3.05) is 20.8 Å². The number of unbranched alkanes of at least 4 members (excludes halogenated alkanes) is 1. The van der Waals surface area contributed by atoms with Crippen LogP contribution < -0.4 is 15.2 Å². The molecule has 0 fully saturated rings. The Labute approximate surface area is 101 Å². The number of hydrogen-bond donors (Lipinski definition) is 1. The molecule has 0 spiro atoms. The second-order valence-electron chi connectivity index (χ2n) is 3.55. The SMILES string of the molecule is COc1cc(Cl)cc(CCCCN)c1OC. The van der Waals surface area contributed by atoms with Gasteiger partial charge in [-0.1, -0.05) is 11.6 Å². The van der Waals surface area contributed by atoms with Crippen LogP contribution >= 0.6 is 11.6 Å². The summed E-state index contributed by atoms with van der Waals surface area (Å²) in [6.45, 7) is 0.708. The van der Waals surface area contributed by atoms with E-state index in [1.165, 1.54) is 0 Å². The van der Waals surface area contributed by atoms with Gasteiger partial charge in [0.1, 0.15) is 0 Å². The maximum atomic E-state index is 6.01. The lowest BCUT2D eigenvalue weighted by atomic mass is 10.1. The van der Waals surface area contributed by atoms with Gasteiger partial charge in [-0.05, 0) is 37.4 Å². The zero-order chi connectivity index (χ0) is 12.0. The summed E-state index contributed by atoms with van der Waals surface area (Å²) < 4.78 is 10.6. The lowest BCUT2D eigenvalue weighted by Gasteiger charge is -2.13.